The summed E-state index contributed by atoms with van der Waals surface area (Å²) in [6, 6.07) is 3.07. The number of ether oxygens (including phenoxy) is 1. The predicted octanol–water partition coefficient (Wildman–Crippen LogP) is 4.61. The number of allylic oxidation sites excluding steroid dienone is 1. The van der Waals surface area contributed by atoms with E-state index in [0.717, 1.165) is 19.3 Å². The summed E-state index contributed by atoms with van der Waals surface area (Å²) in [4.78, 5) is 24.4. The number of benzene rings is 1. The molecule has 28 heavy (non-hydrogen) atoms. The Hall–Kier alpha value is -1.86. The maximum atomic E-state index is 13.1. The molecule has 0 aromatic heterocycles. The Kier molecular flexibility index (Phi) is 6.45. The Morgan fingerprint density at radius 1 is 1.14 bits per heavy atom. The lowest BCUT2D eigenvalue weighted by Crippen LogP contribution is -2.20. The van der Waals surface area contributed by atoms with Gasteiger partial charge in [0.2, 0.25) is 0 Å². The van der Waals surface area contributed by atoms with Crippen molar-refractivity contribution in [3.05, 3.63) is 28.3 Å². The second kappa shape index (κ2) is 8.66. The molecule has 1 aromatic rings. The molecule has 6 nitrogen and oxygen atoms in total. The van der Waals surface area contributed by atoms with Crippen LogP contribution in [-0.4, -0.2) is 39.0 Å². The standard InChI is InChI=1S/C20H24ClNO5S/c1-2-27-16-10-9-13(20(25)17-14(23)7-6-8-15(17)24)18(21)19(16)22-28(26)11-4-3-5-12-28/h9-10,25H,2-8,11-12H2,1H3. The van der Waals surface area contributed by atoms with Crippen LogP contribution in [0.15, 0.2) is 22.1 Å². The van der Waals surface area contributed by atoms with Crippen LogP contribution < -0.4 is 4.74 Å². The highest BCUT2D eigenvalue weighted by molar-refractivity contribution is 7.93. The normalized spacial score (nSPS) is 19.4. The van der Waals surface area contributed by atoms with Crippen LogP contribution in [0.3, 0.4) is 0 Å². The van der Waals surface area contributed by atoms with E-state index >= 15 is 0 Å². The molecule has 0 atom stereocenters. The van der Waals surface area contributed by atoms with Crippen molar-refractivity contribution in [2.45, 2.75) is 45.4 Å². The number of aliphatic hydroxyl groups is 1. The first-order chi connectivity index (χ1) is 13.4. The fourth-order valence-electron chi connectivity index (χ4n) is 3.49. The van der Waals surface area contributed by atoms with E-state index in [1.807, 2.05) is 6.92 Å². The molecule has 1 saturated heterocycles. The Bertz CT molecular complexity index is 930. The molecular weight excluding hydrogens is 402 g/mol. The summed E-state index contributed by atoms with van der Waals surface area (Å²) in [6.45, 7) is 2.17. The topological polar surface area (TPSA) is 93.0 Å². The van der Waals surface area contributed by atoms with Crippen LogP contribution in [0.25, 0.3) is 5.76 Å². The third-order valence-electron chi connectivity index (χ3n) is 4.92. The van der Waals surface area contributed by atoms with E-state index in [-0.39, 0.29) is 34.7 Å². The number of carbonyl (C=O) groups is 2. The molecule has 1 aliphatic heterocycles. The highest BCUT2D eigenvalue weighted by Gasteiger charge is 2.29. The molecule has 0 unspecified atom stereocenters. The largest absolute Gasteiger partial charge is 0.506 e. The summed E-state index contributed by atoms with van der Waals surface area (Å²) in [5, 5.41) is 10.7. The Balaban J connectivity index is 2.17. The molecule has 0 radical (unpaired) electrons. The first kappa shape index (κ1) is 20.9. The lowest BCUT2D eigenvalue weighted by atomic mass is 9.89. The number of rotatable bonds is 4. The average Bonchev–Trinajstić information content (AvgIpc) is 2.65. The van der Waals surface area contributed by atoms with Crippen molar-refractivity contribution in [3.63, 3.8) is 0 Å². The molecule has 1 heterocycles. The van der Waals surface area contributed by atoms with E-state index in [1.165, 1.54) is 6.07 Å². The molecule has 8 heteroatoms. The summed E-state index contributed by atoms with van der Waals surface area (Å²) in [6.07, 6.45) is 3.60. The summed E-state index contributed by atoms with van der Waals surface area (Å²) in [7, 11) is -2.47. The average molecular weight is 426 g/mol. The minimum atomic E-state index is -2.47. The number of carbonyl (C=O) groups excluding carboxylic acids is 2. The van der Waals surface area contributed by atoms with Crippen molar-refractivity contribution in [3.8, 4) is 5.75 Å². The molecule has 2 aliphatic rings. The van der Waals surface area contributed by atoms with Gasteiger partial charge in [-0.1, -0.05) is 18.0 Å². The SMILES string of the molecule is CCOc1ccc(C(O)=C2C(=O)CCCC2=O)c(Cl)c1N=S1(=O)CCCCC1. The molecular formula is C20H24ClNO5S. The molecule has 0 bridgehead atoms. The zero-order valence-electron chi connectivity index (χ0n) is 15.8. The van der Waals surface area contributed by atoms with E-state index in [1.54, 1.807) is 6.07 Å². The molecule has 1 aliphatic carbocycles. The lowest BCUT2D eigenvalue weighted by molar-refractivity contribution is -0.123. The summed E-state index contributed by atoms with van der Waals surface area (Å²) in [5.74, 6) is 0.110. The van der Waals surface area contributed by atoms with E-state index in [4.69, 9.17) is 16.3 Å². The maximum Gasteiger partial charge on any atom is 0.170 e. The van der Waals surface area contributed by atoms with E-state index in [2.05, 4.69) is 4.36 Å². The lowest BCUT2D eigenvalue weighted by Gasteiger charge is -2.19. The van der Waals surface area contributed by atoms with Gasteiger partial charge in [-0.3, -0.25) is 9.59 Å². The minimum absolute atomic E-state index is 0.0374. The molecule has 0 amide bonds. The van der Waals surface area contributed by atoms with Gasteiger partial charge in [-0.2, -0.15) is 4.36 Å². The van der Waals surface area contributed by atoms with Crippen LogP contribution in [0.1, 0.15) is 51.0 Å². The van der Waals surface area contributed by atoms with Crippen LogP contribution in [0.2, 0.25) is 5.02 Å². The zero-order valence-corrected chi connectivity index (χ0v) is 17.4. The van der Waals surface area contributed by atoms with Gasteiger partial charge >= 0.3 is 0 Å². The number of ketones is 2. The second-order valence-electron chi connectivity index (χ2n) is 6.96. The maximum absolute atomic E-state index is 13.1. The molecule has 3 rings (SSSR count). The number of nitrogens with zero attached hydrogens (tertiary/aromatic N) is 1. The number of hydrogen-bond donors (Lipinski definition) is 1. The van der Waals surface area contributed by atoms with Crippen molar-refractivity contribution < 1.29 is 23.6 Å². The first-order valence-corrected chi connectivity index (χ1v) is 11.8. The second-order valence-corrected chi connectivity index (χ2v) is 9.89. The Morgan fingerprint density at radius 3 is 2.39 bits per heavy atom. The Morgan fingerprint density at radius 2 is 1.79 bits per heavy atom. The van der Waals surface area contributed by atoms with Crippen LogP contribution in [-0.2, 0) is 19.3 Å². The molecule has 1 aromatic carbocycles. The van der Waals surface area contributed by atoms with E-state index in [9.17, 15) is 18.9 Å². The first-order valence-electron chi connectivity index (χ1n) is 9.54. The van der Waals surface area contributed by atoms with Crippen molar-refractivity contribution >= 4 is 44.3 Å². The van der Waals surface area contributed by atoms with Gasteiger partial charge in [-0.25, -0.2) is 4.21 Å². The van der Waals surface area contributed by atoms with Gasteiger partial charge < -0.3 is 9.84 Å². The number of aliphatic hydroxyl groups excluding tert-OH is 1. The minimum Gasteiger partial charge on any atom is -0.506 e. The third-order valence-corrected chi connectivity index (χ3v) is 7.67. The van der Waals surface area contributed by atoms with E-state index < -0.39 is 27.1 Å². The predicted molar refractivity (Wildman–Crippen MR) is 110 cm³/mol. The van der Waals surface area contributed by atoms with Gasteiger partial charge in [-0.15, -0.1) is 0 Å². The van der Waals surface area contributed by atoms with Gasteiger partial charge in [0.15, 0.2) is 11.6 Å². The quantitative estimate of drug-likeness (QED) is 0.431. The number of Topliss-reactive ketones (excluding diaryl/α,β-unsaturated/α-hetero) is 2. The smallest absolute Gasteiger partial charge is 0.170 e. The van der Waals surface area contributed by atoms with Gasteiger partial charge in [0.05, 0.1) is 21.4 Å². The van der Waals surface area contributed by atoms with Crippen molar-refractivity contribution in [2.75, 3.05) is 18.1 Å². The zero-order chi connectivity index (χ0) is 20.3. The highest BCUT2D eigenvalue weighted by atomic mass is 35.5. The van der Waals surface area contributed by atoms with Gasteiger partial charge in [-0.05, 0) is 38.3 Å². The van der Waals surface area contributed by atoms with Crippen molar-refractivity contribution in [1.29, 1.82) is 0 Å². The molecule has 1 N–H and O–H groups in total. The highest BCUT2D eigenvalue weighted by Crippen LogP contribution is 2.42. The Labute approximate surface area is 170 Å². The molecule has 152 valence electrons. The van der Waals surface area contributed by atoms with Crippen molar-refractivity contribution in [1.82, 2.24) is 0 Å². The van der Waals surface area contributed by atoms with Crippen LogP contribution in [0, 0.1) is 0 Å². The molecule has 1 saturated carbocycles. The van der Waals surface area contributed by atoms with Gasteiger partial charge in [0, 0.05) is 29.9 Å². The fourth-order valence-corrected chi connectivity index (χ4v) is 6.04. The number of hydrogen-bond acceptors (Lipinski definition) is 6. The van der Waals surface area contributed by atoms with Crippen molar-refractivity contribution in [2.24, 2.45) is 4.36 Å². The summed E-state index contributed by atoms with van der Waals surface area (Å²) < 4.78 is 23.2. The summed E-state index contributed by atoms with van der Waals surface area (Å²) >= 11 is 6.52. The van der Waals surface area contributed by atoms with Crippen LogP contribution in [0.5, 0.6) is 5.75 Å². The monoisotopic (exact) mass is 425 g/mol. The van der Waals surface area contributed by atoms with Gasteiger partial charge in [0.1, 0.15) is 22.8 Å². The summed E-state index contributed by atoms with van der Waals surface area (Å²) in [5.41, 5.74) is 0.113. The van der Waals surface area contributed by atoms with Crippen LogP contribution in [0.4, 0.5) is 5.69 Å². The molecule has 2 fully saturated rings. The van der Waals surface area contributed by atoms with Crippen LogP contribution >= 0.6 is 11.6 Å². The van der Waals surface area contributed by atoms with E-state index in [0.29, 0.717) is 30.3 Å². The fraction of sp³-hybridized carbons (Fsp3) is 0.500. The third kappa shape index (κ3) is 4.25. The number of halogens is 1. The van der Waals surface area contributed by atoms with Gasteiger partial charge in [0.25, 0.3) is 0 Å². The molecule has 0 spiro atoms.